The second kappa shape index (κ2) is 4.27. The van der Waals surface area contributed by atoms with E-state index in [9.17, 15) is 4.79 Å². The van der Waals surface area contributed by atoms with Crippen LogP contribution in [0.3, 0.4) is 0 Å². The Bertz CT molecular complexity index is 641. The number of carbonyl (C=O) groups excluding carboxylic acids is 1. The minimum Gasteiger partial charge on any atom is -0.361 e. The van der Waals surface area contributed by atoms with Crippen LogP contribution in [0.15, 0.2) is 24.4 Å². The maximum Gasteiger partial charge on any atom is 0.230 e. The number of hydrogen-bond acceptors (Lipinski definition) is 1. The van der Waals surface area contributed by atoms with Gasteiger partial charge in [-0.05, 0) is 44.4 Å². The summed E-state index contributed by atoms with van der Waals surface area (Å²) in [6.45, 7) is 3.92. The molecule has 0 spiro atoms. The zero-order valence-corrected chi connectivity index (χ0v) is 11.8. The number of aromatic nitrogens is 1. The third kappa shape index (κ3) is 2.23. The van der Waals surface area contributed by atoms with Crippen molar-refractivity contribution in [3.63, 3.8) is 0 Å². The molecule has 3 nitrogen and oxygen atoms in total. The van der Waals surface area contributed by atoms with Gasteiger partial charge in [-0.3, -0.25) is 4.79 Å². The summed E-state index contributed by atoms with van der Waals surface area (Å²) in [4.78, 5) is 15.6. The molecule has 19 heavy (non-hydrogen) atoms. The van der Waals surface area contributed by atoms with Crippen molar-refractivity contribution in [2.24, 2.45) is 0 Å². The SMILES string of the molecule is CC(C)(C(=O)NC1CC1)c1c[nH]c2cc(Cl)ccc12. The first-order valence-electron chi connectivity index (χ1n) is 6.56. The predicted molar refractivity (Wildman–Crippen MR) is 77.5 cm³/mol. The molecule has 0 saturated heterocycles. The van der Waals surface area contributed by atoms with E-state index in [1.807, 2.05) is 38.2 Å². The Hall–Kier alpha value is -1.48. The van der Waals surface area contributed by atoms with Gasteiger partial charge in [0, 0.05) is 28.2 Å². The standard InChI is InChI=1S/C15H17ClN2O/c1-15(2,14(19)18-10-4-5-10)12-8-17-13-7-9(16)3-6-11(12)13/h3,6-8,10,17H,4-5H2,1-2H3,(H,18,19). The molecule has 1 amide bonds. The van der Waals surface area contributed by atoms with Gasteiger partial charge in [0.15, 0.2) is 0 Å². The average Bonchev–Trinajstić information content (AvgIpc) is 3.06. The molecule has 4 heteroatoms. The van der Waals surface area contributed by atoms with Gasteiger partial charge in [-0.1, -0.05) is 17.7 Å². The number of hydrogen-bond donors (Lipinski definition) is 2. The number of aromatic amines is 1. The molecule has 0 radical (unpaired) electrons. The van der Waals surface area contributed by atoms with Crippen LogP contribution in [0.2, 0.25) is 5.02 Å². The van der Waals surface area contributed by atoms with Crippen molar-refractivity contribution in [1.82, 2.24) is 10.3 Å². The van der Waals surface area contributed by atoms with Crippen molar-refractivity contribution in [3.05, 3.63) is 35.0 Å². The Kier molecular flexibility index (Phi) is 2.82. The summed E-state index contributed by atoms with van der Waals surface area (Å²) in [6.07, 6.45) is 4.12. The Morgan fingerprint density at radius 2 is 2.16 bits per heavy atom. The lowest BCUT2D eigenvalue weighted by Crippen LogP contribution is -2.41. The Balaban J connectivity index is 1.99. The van der Waals surface area contributed by atoms with Gasteiger partial charge >= 0.3 is 0 Å². The first-order valence-corrected chi connectivity index (χ1v) is 6.94. The van der Waals surface area contributed by atoms with E-state index >= 15 is 0 Å². The van der Waals surface area contributed by atoms with Crippen LogP contribution in [0, 0.1) is 0 Å². The molecule has 1 aromatic heterocycles. The fraction of sp³-hybridized carbons (Fsp3) is 0.400. The van der Waals surface area contributed by atoms with Crippen LogP contribution in [-0.4, -0.2) is 16.9 Å². The zero-order chi connectivity index (χ0) is 13.6. The maximum atomic E-state index is 12.4. The summed E-state index contributed by atoms with van der Waals surface area (Å²) in [5, 5.41) is 4.83. The lowest BCUT2D eigenvalue weighted by molar-refractivity contribution is -0.125. The van der Waals surface area contributed by atoms with Crippen LogP contribution in [0.5, 0.6) is 0 Å². The molecule has 3 rings (SSSR count). The number of carbonyl (C=O) groups is 1. The van der Waals surface area contributed by atoms with Crippen molar-refractivity contribution >= 4 is 28.4 Å². The molecular weight excluding hydrogens is 260 g/mol. The first-order chi connectivity index (χ1) is 8.98. The molecule has 1 aromatic carbocycles. The Morgan fingerprint density at radius 3 is 2.84 bits per heavy atom. The highest BCUT2D eigenvalue weighted by atomic mass is 35.5. The molecule has 100 valence electrons. The third-order valence-corrected chi connectivity index (χ3v) is 4.03. The first kappa shape index (κ1) is 12.5. The lowest BCUT2D eigenvalue weighted by Gasteiger charge is -2.23. The van der Waals surface area contributed by atoms with Crippen LogP contribution in [0.25, 0.3) is 10.9 Å². The fourth-order valence-electron chi connectivity index (χ4n) is 2.33. The highest BCUT2D eigenvalue weighted by Gasteiger charge is 2.35. The van der Waals surface area contributed by atoms with E-state index in [1.165, 1.54) is 0 Å². The molecule has 0 aliphatic heterocycles. The number of H-pyrrole nitrogens is 1. The monoisotopic (exact) mass is 276 g/mol. The quantitative estimate of drug-likeness (QED) is 0.887. The van der Waals surface area contributed by atoms with Gasteiger partial charge in [-0.15, -0.1) is 0 Å². The summed E-state index contributed by atoms with van der Waals surface area (Å²) in [5.74, 6) is 0.0888. The van der Waals surface area contributed by atoms with Crippen LogP contribution in [0.1, 0.15) is 32.3 Å². The van der Waals surface area contributed by atoms with Gasteiger partial charge in [0.05, 0.1) is 5.41 Å². The normalized spacial score (nSPS) is 15.7. The van der Waals surface area contributed by atoms with Crippen molar-refractivity contribution in [2.45, 2.75) is 38.1 Å². The molecule has 1 aliphatic rings. The second-order valence-electron chi connectivity index (χ2n) is 5.76. The summed E-state index contributed by atoms with van der Waals surface area (Å²) in [6, 6.07) is 6.09. The lowest BCUT2D eigenvalue weighted by atomic mass is 9.83. The fourth-order valence-corrected chi connectivity index (χ4v) is 2.50. The topological polar surface area (TPSA) is 44.9 Å². The van der Waals surface area contributed by atoms with Crippen LogP contribution in [0.4, 0.5) is 0 Å². The van der Waals surface area contributed by atoms with Gasteiger partial charge in [0.2, 0.25) is 5.91 Å². The minimum absolute atomic E-state index is 0.0888. The van der Waals surface area contributed by atoms with Crippen molar-refractivity contribution < 1.29 is 4.79 Å². The number of amides is 1. The van der Waals surface area contributed by atoms with Crippen molar-refractivity contribution in [1.29, 1.82) is 0 Å². The van der Waals surface area contributed by atoms with E-state index in [2.05, 4.69) is 10.3 Å². The number of fused-ring (bicyclic) bond motifs is 1. The molecule has 0 bridgehead atoms. The smallest absolute Gasteiger partial charge is 0.230 e. The molecule has 0 atom stereocenters. The third-order valence-electron chi connectivity index (χ3n) is 3.80. The molecule has 2 aromatic rings. The molecule has 1 heterocycles. The number of benzene rings is 1. The number of rotatable bonds is 3. The van der Waals surface area contributed by atoms with E-state index in [4.69, 9.17) is 11.6 Å². The minimum atomic E-state index is -0.547. The Morgan fingerprint density at radius 1 is 1.42 bits per heavy atom. The summed E-state index contributed by atoms with van der Waals surface area (Å²) < 4.78 is 0. The van der Waals surface area contributed by atoms with Gasteiger partial charge in [-0.25, -0.2) is 0 Å². The summed E-state index contributed by atoms with van der Waals surface area (Å²) >= 11 is 5.98. The number of nitrogens with one attached hydrogen (secondary N) is 2. The number of halogens is 1. The predicted octanol–water partition coefficient (Wildman–Crippen LogP) is 3.38. The summed E-state index contributed by atoms with van der Waals surface area (Å²) in [5.41, 5.74) is 1.43. The van der Waals surface area contributed by atoms with E-state index < -0.39 is 5.41 Å². The highest BCUT2D eigenvalue weighted by Crippen LogP contribution is 2.33. The highest BCUT2D eigenvalue weighted by molar-refractivity contribution is 6.31. The summed E-state index contributed by atoms with van der Waals surface area (Å²) in [7, 11) is 0. The molecule has 2 N–H and O–H groups in total. The second-order valence-corrected chi connectivity index (χ2v) is 6.20. The van der Waals surface area contributed by atoms with Crippen LogP contribution >= 0.6 is 11.6 Å². The van der Waals surface area contributed by atoms with Crippen molar-refractivity contribution in [2.75, 3.05) is 0 Å². The molecule has 0 unspecified atom stereocenters. The maximum absolute atomic E-state index is 12.4. The van der Waals surface area contributed by atoms with E-state index in [0.29, 0.717) is 11.1 Å². The van der Waals surface area contributed by atoms with E-state index in [-0.39, 0.29) is 5.91 Å². The van der Waals surface area contributed by atoms with Gasteiger partial charge in [-0.2, -0.15) is 0 Å². The van der Waals surface area contributed by atoms with E-state index in [1.54, 1.807) is 0 Å². The molecule has 1 fully saturated rings. The largest absolute Gasteiger partial charge is 0.361 e. The molecule has 1 saturated carbocycles. The molecular formula is C15H17ClN2O. The van der Waals surface area contributed by atoms with Crippen LogP contribution in [-0.2, 0) is 10.2 Å². The van der Waals surface area contributed by atoms with E-state index in [0.717, 1.165) is 29.3 Å². The average molecular weight is 277 g/mol. The Labute approximate surface area is 117 Å². The van der Waals surface area contributed by atoms with Crippen molar-refractivity contribution in [3.8, 4) is 0 Å². The van der Waals surface area contributed by atoms with Crippen LogP contribution < -0.4 is 5.32 Å². The van der Waals surface area contributed by atoms with Gasteiger partial charge in [0.1, 0.15) is 0 Å². The molecule has 1 aliphatic carbocycles. The van der Waals surface area contributed by atoms with Gasteiger partial charge < -0.3 is 10.3 Å². The zero-order valence-electron chi connectivity index (χ0n) is 11.1. The van der Waals surface area contributed by atoms with Gasteiger partial charge in [0.25, 0.3) is 0 Å².